The van der Waals surface area contributed by atoms with Gasteiger partial charge in [-0.2, -0.15) is 0 Å². The standard InChI is InChI=1S/C18H14F2O2.C2H6/c1-4-14-15(5-2)22-16-9-7-12(6-8-13(20)10-19)11(3)17(16)18(14)21;1-2/h4-10H,1-2H2,3H3;1-2H3/b8-6-,13-10-;. The number of halogens is 2. The molecule has 2 rings (SSSR count). The van der Waals surface area contributed by atoms with Gasteiger partial charge in [-0.3, -0.25) is 4.79 Å². The molecule has 0 unspecified atom stereocenters. The van der Waals surface area contributed by atoms with Crippen LogP contribution in [0.5, 0.6) is 0 Å². The largest absolute Gasteiger partial charge is 0.456 e. The van der Waals surface area contributed by atoms with Crippen LogP contribution >= 0.6 is 0 Å². The number of fused-ring (bicyclic) bond motifs is 1. The zero-order chi connectivity index (χ0) is 18.3. The highest BCUT2D eigenvalue weighted by Crippen LogP contribution is 2.24. The Kier molecular flexibility index (Phi) is 7.05. The van der Waals surface area contributed by atoms with E-state index in [1.165, 1.54) is 18.2 Å². The van der Waals surface area contributed by atoms with Crippen molar-refractivity contribution in [3.05, 3.63) is 76.2 Å². The Hall–Kier alpha value is -2.75. The van der Waals surface area contributed by atoms with Crippen LogP contribution in [0.3, 0.4) is 0 Å². The summed E-state index contributed by atoms with van der Waals surface area (Å²) < 4.78 is 30.5. The number of benzene rings is 1. The van der Waals surface area contributed by atoms with Gasteiger partial charge in [-0.15, -0.1) is 0 Å². The van der Waals surface area contributed by atoms with Crippen LogP contribution < -0.4 is 5.43 Å². The van der Waals surface area contributed by atoms with E-state index in [9.17, 15) is 13.6 Å². The summed E-state index contributed by atoms with van der Waals surface area (Å²) in [7, 11) is 0. The SMILES string of the molecule is C=Cc1oc2ccc(/C=C\C(F)=C\F)c(C)c2c(=O)c1C=C.CC. The molecule has 0 aliphatic carbocycles. The fraction of sp³-hybridized carbons (Fsp3) is 0.150. The van der Waals surface area contributed by atoms with Crippen molar-refractivity contribution in [1.82, 2.24) is 0 Å². The highest BCUT2D eigenvalue weighted by atomic mass is 19.2. The summed E-state index contributed by atoms with van der Waals surface area (Å²) in [5.74, 6) is -0.651. The lowest BCUT2D eigenvalue weighted by atomic mass is 10.0. The molecule has 0 spiro atoms. The molecule has 0 aliphatic rings. The van der Waals surface area contributed by atoms with E-state index >= 15 is 0 Å². The highest BCUT2D eigenvalue weighted by Gasteiger charge is 2.13. The van der Waals surface area contributed by atoms with Crippen molar-refractivity contribution in [3.63, 3.8) is 0 Å². The third kappa shape index (κ3) is 3.77. The zero-order valence-electron chi connectivity index (χ0n) is 14.0. The first-order valence-corrected chi connectivity index (χ1v) is 7.52. The summed E-state index contributed by atoms with van der Waals surface area (Å²) in [4.78, 5) is 12.6. The van der Waals surface area contributed by atoms with Gasteiger partial charge in [0, 0.05) is 0 Å². The molecule has 1 aromatic heterocycles. The predicted octanol–water partition coefficient (Wildman–Crippen LogP) is 6.21. The van der Waals surface area contributed by atoms with Gasteiger partial charge in [0.15, 0.2) is 5.83 Å². The summed E-state index contributed by atoms with van der Waals surface area (Å²) in [6, 6.07) is 3.28. The fourth-order valence-electron chi connectivity index (χ4n) is 2.22. The number of hydrogen-bond acceptors (Lipinski definition) is 2. The Morgan fingerprint density at radius 1 is 1.21 bits per heavy atom. The summed E-state index contributed by atoms with van der Waals surface area (Å²) in [5, 5.41) is 0.382. The van der Waals surface area contributed by atoms with Crippen LogP contribution in [0.15, 0.2) is 52.7 Å². The second-order valence-electron chi connectivity index (χ2n) is 4.60. The number of aryl methyl sites for hydroxylation is 1. The first-order chi connectivity index (χ1) is 11.5. The topological polar surface area (TPSA) is 30.2 Å². The number of rotatable bonds is 4. The molecule has 0 N–H and O–H groups in total. The lowest BCUT2D eigenvalue weighted by Crippen LogP contribution is -2.09. The van der Waals surface area contributed by atoms with Crippen LogP contribution in [0.4, 0.5) is 8.78 Å². The van der Waals surface area contributed by atoms with E-state index < -0.39 is 5.83 Å². The summed E-state index contributed by atoms with van der Waals surface area (Å²) >= 11 is 0. The average molecular weight is 330 g/mol. The molecule has 1 aromatic carbocycles. The van der Waals surface area contributed by atoms with Gasteiger partial charge >= 0.3 is 0 Å². The normalized spacial score (nSPS) is 11.3. The zero-order valence-corrected chi connectivity index (χ0v) is 14.0. The Labute approximate surface area is 140 Å². The molecule has 0 amide bonds. The van der Waals surface area contributed by atoms with E-state index in [1.54, 1.807) is 19.1 Å². The van der Waals surface area contributed by atoms with Crippen LogP contribution in [-0.2, 0) is 0 Å². The first kappa shape index (κ1) is 19.3. The molecule has 24 heavy (non-hydrogen) atoms. The number of hydrogen-bond donors (Lipinski definition) is 0. The van der Waals surface area contributed by atoms with Gasteiger partial charge in [-0.25, -0.2) is 8.78 Å². The first-order valence-electron chi connectivity index (χ1n) is 7.52. The molecule has 0 aliphatic heterocycles. The Morgan fingerprint density at radius 3 is 2.42 bits per heavy atom. The Balaban J connectivity index is 0.00000139. The maximum absolute atomic E-state index is 12.9. The predicted molar refractivity (Wildman–Crippen MR) is 98.1 cm³/mol. The summed E-state index contributed by atoms with van der Waals surface area (Å²) in [5.41, 5.74) is 1.70. The van der Waals surface area contributed by atoms with E-state index in [4.69, 9.17) is 4.42 Å². The van der Waals surface area contributed by atoms with E-state index in [0.29, 0.717) is 33.4 Å². The lowest BCUT2D eigenvalue weighted by Gasteiger charge is -2.08. The van der Waals surface area contributed by atoms with Crippen LogP contribution in [0.1, 0.15) is 36.3 Å². The summed E-state index contributed by atoms with van der Waals surface area (Å²) in [6.07, 6.45) is 5.11. The van der Waals surface area contributed by atoms with Gasteiger partial charge in [0.1, 0.15) is 17.7 Å². The van der Waals surface area contributed by atoms with Crippen molar-refractivity contribution >= 4 is 29.2 Å². The minimum Gasteiger partial charge on any atom is -0.456 e. The maximum Gasteiger partial charge on any atom is 0.200 e. The van der Waals surface area contributed by atoms with E-state index in [0.717, 1.165) is 6.08 Å². The highest BCUT2D eigenvalue weighted by molar-refractivity contribution is 5.87. The second-order valence-corrected chi connectivity index (χ2v) is 4.60. The van der Waals surface area contributed by atoms with Gasteiger partial charge < -0.3 is 4.42 Å². The molecule has 2 nitrogen and oxygen atoms in total. The van der Waals surface area contributed by atoms with Gasteiger partial charge in [-0.05, 0) is 36.3 Å². The molecule has 4 heteroatoms. The van der Waals surface area contributed by atoms with Crippen molar-refractivity contribution in [2.45, 2.75) is 20.8 Å². The Bertz CT molecular complexity index is 871. The molecule has 0 radical (unpaired) electrons. The Morgan fingerprint density at radius 2 is 1.88 bits per heavy atom. The molecule has 126 valence electrons. The van der Waals surface area contributed by atoms with Gasteiger partial charge in [0.05, 0.1) is 10.9 Å². The molecule has 1 heterocycles. The van der Waals surface area contributed by atoms with Crippen molar-refractivity contribution in [3.8, 4) is 0 Å². The average Bonchev–Trinajstić information content (AvgIpc) is 2.61. The molecule has 0 saturated heterocycles. The molecule has 0 bridgehead atoms. The van der Waals surface area contributed by atoms with Crippen LogP contribution in [0, 0.1) is 6.92 Å². The monoisotopic (exact) mass is 330 g/mol. The van der Waals surface area contributed by atoms with Crippen molar-refractivity contribution in [1.29, 1.82) is 0 Å². The van der Waals surface area contributed by atoms with Crippen LogP contribution in [0.25, 0.3) is 29.2 Å². The third-order valence-electron chi connectivity index (χ3n) is 3.34. The minimum absolute atomic E-state index is 0.132. The van der Waals surface area contributed by atoms with Crippen LogP contribution in [0.2, 0.25) is 0 Å². The molecule has 0 atom stereocenters. The minimum atomic E-state index is -1.000. The summed E-state index contributed by atoms with van der Waals surface area (Å²) in [6.45, 7) is 12.9. The molecule has 2 aromatic rings. The molecule has 0 fully saturated rings. The van der Waals surface area contributed by atoms with Crippen molar-refractivity contribution in [2.75, 3.05) is 0 Å². The molecular weight excluding hydrogens is 310 g/mol. The molecular formula is C20H20F2O2. The lowest BCUT2D eigenvalue weighted by molar-refractivity contribution is 0.589. The van der Waals surface area contributed by atoms with Crippen molar-refractivity contribution < 1.29 is 13.2 Å². The number of allylic oxidation sites excluding steroid dienone is 2. The fourth-order valence-corrected chi connectivity index (χ4v) is 2.22. The van der Waals surface area contributed by atoms with Crippen molar-refractivity contribution in [2.24, 2.45) is 0 Å². The quantitative estimate of drug-likeness (QED) is 0.624. The van der Waals surface area contributed by atoms with Gasteiger partial charge in [0.25, 0.3) is 0 Å². The maximum atomic E-state index is 12.9. The third-order valence-corrected chi connectivity index (χ3v) is 3.34. The smallest absolute Gasteiger partial charge is 0.200 e. The van der Waals surface area contributed by atoms with E-state index in [1.807, 2.05) is 13.8 Å². The van der Waals surface area contributed by atoms with E-state index in [2.05, 4.69) is 13.2 Å². The van der Waals surface area contributed by atoms with Gasteiger partial charge in [0.2, 0.25) is 5.43 Å². The molecule has 0 saturated carbocycles. The van der Waals surface area contributed by atoms with E-state index in [-0.39, 0.29) is 11.8 Å². The van der Waals surface area contributed by atoms with Gasteiger partial charge in [-0.1, -0.05) is 45.2 Å². The van der Waals surface area contributed by atoms with Crippen LogP contribution in [-0.4, -0.2) is 0 Å². The second kappa shape index (κ2) is 8.77.